The molecule has 1 atom stereocenters. The zero-order chi connectivity index (χ0) is 16.4. The number of aryl methyl sites for hydroxylation is 1. The average molecular weight is 321 g/mol. The first kappa shape index (κ1) is 16.1. The molecule has 1 fully saturated rings. The van der Waals surface area contributed by atoms with Gasteiger partial charge in [0.1, 0.15) is 11.5 Å². The highest BCUT2D eigenvalue weighted by molar-refractivity contribution is 5.38. The van der Waals surface area contributed by atoms with Gasteiger partial charge in [0, 0.05) is 37.0 Å². The minimum Gasteiger partial charge on any atom is -0.377 e. The summed E-state index contributed by atoms with van der Waals surface area (Å²) in [5.74, 6) is -1.21. The quantitative estimate of drug-likeness (QED) is 0.920. The van der Waals surface area contributed by atoms with Crippen molar-refractivity contribution in [2.45, 2.75) is 39.3 Å². The molecule has 1 unspecified atom stereocenters. The Hall–Kier alpha value is -1.79. The van der Waals surface area contributed by atoms with Gasteiger partial charge in [0.15, 0.2) is 5.82 Å². The number of aromatic nitrogens is 2. The van der Waals surface area contributed by atoms with Gasteiger partial charge in [-0.1, -0.05) is 0 Å². The maximum absolute atomic E-state index is 14.0. The molecule has 0 saturated carbocycles. The van der Waals surface area contributed by atoms with Gasteiger partial charge >= 0.3 is 0 Å². The first-order valence-electron chi connectivity index (χ1n) is 7.89. The second kappa shape index (κ2) is 6.76. The van der Waals surface area contributed by atoms with E-state index in [0.29, 0.717) is 6.54 Å². The van der Waals surface area contributed by atoms with Crippen LogP contribution in [0.5, 0.6) is 0 Å². The lowest BCUT2D eigenvalue weighted by atomic mass is 10.2. The summed E-state index contributed by atoms with van der Waals surface area (Å²) in [5, 5.41) is 7.79. The minimum atomic E-state index is -0.616. The molecule has 0 aliphatic carbocycles. The smallest absolute Gasteiger partial charge is 0.151 e. The highest BCUT2D eigenvalue weighted by atomic mass is 19.1. The van der Waals surface area contributed by atoms with Gasteiger partial charge in [-0.2, -0.15) is 5.10 Å². The Bertz CT molecular complexity index is 693. The van der Waals surface area contributed by atoms with Crippen molar-refractivity contribution in [2.75, 3.05) is 13.2 Å². The lowest BCUT2D eigenvalue weighted by Gasteiger charge is -2.11. The summed E-state index contributed by atoms with van der Waals surface area (Å²) in [6, 6.07) is 3.53. The molecular weight excluding hydrogens is 300 g/mol. The molecular formula is C17H21F2N3O. The molecule has 1 saturated heterocycles. The summed E-state index contributed by atoms with van der Waals surface area (Å²) in [6.07, 6.45) is 2.48. The number of benzene rings is 1. The van der Waals surface area contributed by atoms with Gasteiger partial charge in [-0.15, -0.1) is 0 Å². The third-order valence-electron chi connectivity index (χ3n) is 4.28. The number of hydrogen-bond acceptors (Lipinski definition) is 3. The number of hydrogen-bond donors (Lipinski definition) is 1. The van der Waals surface area contributed by atoms with Crippen LogP contribution in [0.1, 0.15) is 29.8 Å². The van der Waals surface area contributed by atoms with E-state index in [-0.39, 0.29) is 11.8 Å². The molecule has 0 radical (unpaired) electrons. The first-order chi connectivity index (χ1) is 11.1. The van der Waals surface area contributed by atoms with E-state index in [9.17, 15) is 8.78 Å². The van der Waals surface area contributed by atoms with E-state index >= 15 is 0 Å². The number of nitrogens with one attached hydrogen (secondary N) is 1. The van der Waals surface area contributed by atoms with Crippen molar-refractivity contribution >= 4 is 0 Å². The van der Waals surface area contributed by atoms with Crippen LogP contribution in [0.15, 0.2) is 18.2 Å². The fourth-order valence-electron chi connectivity index (χ4n) is 2.98. The van der Waals surface area contributed by atoms with Gasteiger partial charge in [-0.3, -0.25) is 0 Å². The van der Waals surface area contributed by atoms with Crippen LogP contribution in [-0.4, -0.2) is 29.0 Å². The molecule has 1 aromatic carbocycles. The lowest BCUT2D eigenvalue weighted by molar-refractivity contribution is 0.110. The highest BCUT2D eigenvalue weighted by Gasteiger charge is 2.18. The predicted octanol–water partition coefficient (Wildman–Crippen LogP) is 3.04. The van der Waals surface area contributed by atoms with Crippen LogP contribution in [0, 0.1) is 25.5 Å². The molecule has 6 heteroatoms. The second-order valence-electron chi connectivity index (χ2n) is 5.92. The molecule has 124 valence electrons. The number of halogens is 2. The summed E-state index contributed by atoms with van der Waals surface area (Å²) in [7, 11) is 0. The van der Waals surface area contributed by atoms with E-state index in [1.54, 1.807) is 0 Å². The summed E-state index contributed by atoms with van der Waals surface area (Å²) < 4.78 is 34.2. The molecule has 2 aromatic rings. The fourth-order valence-corrected chi connectivity index (χ4v) is 2.98. The maximum atomic E-state index is 14.0. The average Bonchev–Trinajstić information content (AvgIpc) is 3.10. The van der Waals surface area contributed by atoms with Crippen molar-refractivity contribution in [1.29, 1.82) is 0 Å². The zero-order valence-corrected chi connectivity index (χ0v) is 13.4. The molecule has 1 aliphatic rings. The van der Waals surface area contributed by atoms with Crippen molar-refractivity contribution in [3.63, 3.8) is 0 Å². The first-order valence-corrected chi connectivity index (χ1v) is 7.89. The molecule has 1 aromatic heterocycles. The standard InChI is InChI=1S/C17H21F2N3O/c1-11-15(10-20-9-14-4-3-7-23-14)12(2)22(21-11)17-6-5-13(18)8-16(17)19/h5-6,8,14,20H,3-4,7,9-10H2,1-2H3. The summed E-state index contributed by atoms with van der Waals surface area (Å²) in [6.45, 7) is 6.08. The van der Waals surface area contributed by atoms with Crippen molar-refractivity contribution in [3.05, 3.63) is 46.8 Å². The van der Waals surface area contributed by atoms with Crippen molar-refractivity contribution < 1.29 is 13.5 Å². The zero-order valence-electron chi connectivity index (χ0n) is 13.4. The van der Waals surface area contributed by atoms with E-state index in [4.69, 9.17) is 4.74 Å². The molecule has 1 N–H and O–H groups in total. The van der Waals surface area contributed by atoms with Crippen LogP contribution in [0.25, 0.3) is 5.69 Å². The Labute approximate surface area is 134 Å². The molecule has 0 amide bonds. The predicted molar refractivity (Wildman–Crippen MR) is 83.6 cm³/mol. The number of rotatable bonds is 5. The van der Waals surface area contributed by atoms with Crippen molar-refractivity contribution in [3.8, 4) is 5.69 Å². The van der Waals surface area contributed by atoms with Crippen LogP contribution in [0.4, 0.5) is 8.78 Å². The van der Waals surface area contributed by atoms with Crippen LogP contribution >= 0.6 is 0 Å². The van der Waals surface area contributed by atoms with Gasteiger partial charge in [-0.05, 0) is 38.8 Å². The SMILES string of the molecule is Cc1nn(-c2ccc(F)cc2F)c(C)c1CNCC1CCCO1. The molecule has 0 spiro atoms. The van der Waals surface area contributed by atoms with E-state index in [2.05, 4.69) is 10.4 Å². The lowest BCUT2D eigenvalue weighted by Crippen LogP contribution is -2.26. The molecule has 4 nitrogen and oxygen atoms in total. The van der Waals surface area contributed by atoms with Gasteiger partial charge in [-0.25, -0.2) is 13.5 Å². The van der Waals surface area contributed by atoms with Gasteiger partial charge in [0.25, 0.3) is 0 Å². The van der Waals surface area contributed by atoms with Crippen molar-refractivity contribution in [1.82, 2.24) is 15.1 Å². The van der Waals surface area contributed by atoms with E-state index in [1.165, 1.54) is 16.8 Å². The summed E-state index contributed by atoms with van der Waals surface area (Å²) in [5.41, 5.74) is 2.99. The Morgan fingerprint density at radius 1 is 1.35 bits per heavy atom. The monoisotopic (exact) mass is 321 g/mol. The molecule has 3 rings (SSSR count). The molecule has 2 heterocycles. The van der Waals surface area contributed by atoms with Crippen LogP contribution in [0.2, 0.25) is 0 Å². The number of nitrogens with zero attached hydrogens (tertiary/aromatic N) is 2. The van der Waals surface area contributed by atoms with Crippen LogP contribution < -0.4 is 5.32 Å². The Morgan fingerprint density at radius 3 is 2.87 bits per heavy atom. The normalized spacial score (nSPS) is 17.8. The molecule has 1 aliphatic heterocycles. The van der Waals surface area contributed by atoms with Gasteiger partial charge in [0.2, 0.25) is 0 Å². The second-order valence-corrected chi connectivity index (χ2v) is 5.92. The van der Waals surface area contributed by atoms with Gasteiger partial charge < -0.3 is 10.1 Å². The third kappa shape index (κ3) is 3.43. The third-order valence-corrected chi connectivity index (χ3v) is 4.28. The van der Waals surface area contributed by atoms with Crippen LogP contribution in [-0.2, 0) is 11.3 Å². The molecule has 23 heavy (non-hydrogen) atoms. The topological polar surface area (TPSA) is 39.1 Å². The Balaban J connectivity index is 1.76. The Kier molecular flexibility index (Phi) is 4.73. The largest absolute Gasteiger partial charge is 0.377 e. The number of ether oxygens (including phenoxy) is 1. The van der Waals surface area contributed by atoms with E-state index < -0.39 is 11.6 Å². The summed E-state index contributed by atoms with van der Waals surface area (Å²) >= 11 is 0. The Morgan fingerprint density at radius 2 is 2.17 bits per heavy atom. The van der Waals surface area contributed by atoms with Gasteiger partial charge in [0.05, 0.1) is 11.8 Å². The minimum absolute atomic E-state index is 0.261. The van der Waals surface area contributed by atoms with Crippen LogP contribution in [0.3, 0.4) is 0 Å². The molecule has 0 bridgehead atoms. The van der Waals surface area contributed by atoms with Crippen molar-refractivity contribution in [2.24, 2.45) is 0 Å². The fraction of sp³-hybridized carbons (Fsp3) is 0.471. The highest BCUT2D eigenvalue weighted by Crippen LogP contribution is 2.21. The van der Waals surface area contributed by atoms with E-state index in [1.807, 2.05) is 13.8 Å². The van der Waals surface area contributed by atoms with E-state index in [0.717, 1.165) is 49.0 Å². The maximum Gasteiger partial charge on any atom is 0.151 e. The summed E-state index contributed by atoms with van der Waals surface area (Å²) in [4.78, 5) is 0.